The second kappa shape index (κ2) is 11.5. The molecule has 28 heavy (non-hydrogen) atoms. The van der Waals surface area contributed by atoms with E-state index in [9.17, 15) is 9.59 Å². The van der Waals surface area contributed by atoms with Gasteiger partial charge < -0.3 is 20.1 Å². The van der Waals surface area contributed by atoms with Crippen molar-refractivity contribution in [2.24, 2.45) is 0 Å². The van der Waals surface area contributed by atoms with E-state index in [2.05, 4.69) is 10.6 Å². The lowest BCUT2D eigenvalue weighted by atomic mass is 10.1. The predicted octanol–water partition coefficient (Wildman–Crippen LogP) is 1.44. The van der Waals surface area contributed by atoms with Gasteiger partial charge in [-0.25, -0.2) is 0 Å². The van der Waals surface area contributed by atoms with Crippen LogP contribution in [-0.2, 0) is 14.3 Å². The Hall–Kier alpha value is -2.38. The lowest BCUT2D eigenvalue weighted by molar-refractivity contribution is -0.133. The maximum absolute atomic E-state index is 12.3. The number of methoxy groups -OCH3 is 1. The van der Waals surface area contributed by atoms with Crippen molar-refractivity contribution >= 4 is 17.9 Å². The molecule has 1 aromatic carbocycles. The smallest absolute Gasteiger partial charge is 0.237 e. The Labute approximate surface area is 167 Å². The number of hydrogen-bond acceptors (Lipinski definition) is 5. The molecule has 7 nitrogen and oxygen atoms in total. The quantitative estimate of drug-likeness (QED) is 0.592. The summed E-state index contributed by atoms with van der Waals surface area (Å²) in [7, 11) is 1.64. The van der Waals surface area contributed by atoms with Crippen LogP contribution >= 0.6 is 0 Å². The maximum Gasteiger partial charge on any atom is 0.237 e. The third-order valence-corrected chi connectivity index (χ3v) is 4.47. The van der Waals surface area contributed by atoms with E-state index in [4.69, 9.17) is 9.47 Å². The van der Waals surface area contributed by atoms with Gasteiger partial charge in [-0.2, -0.15) is 0 Å². The molecular formula is C21H31N3O4. The minimum absolute atomic E-state index is 0.106. The van der Waals surface area contributed by atoms with E-state index < -0.39 is 6.04 Å². The molecule has 1 saturated heterocycles. The standard InChI is InChI=1S/C21H31N3O4/c1-16(2)28-14-11-22-20(25)15-18-21(26)23-10-13-24(18)12-6-8-17-7-4-5-9-19(17)27-3/h4-9,16,18H,10-15H2,1-3H3,(H,22,25)(H,23,26)/b8-6+/t18-/m0/s1. The van der Waals surface area contributed by atoms with Gasteiger partial charge in [-0.05, 0) is 19.9 Å². The molecule has 2 amide bonds. The van der Waals surface area contributed by atoms with Gasteiger partial charge in [0.05, 0.1) is 32.3 Å². The van der Waals surface area contributed by atoms with Crippen molar-refractivity contribution < 1.29 is 19.1 Å². The van der Waals surface area contributed by atoms with Crippen LogP contribution < -0.4 is 15.4 Å². The van der Waals surface area contributed by atoms with E-state index in [-0.39, 0.29) is 24.3 Å². The van der Waals surface area contributed by atoms with Crippen molar-refractivity contribution in [3.63, 3.8) is 0 Å². The zero-order valence-electron chi connectivity index (χ0n) is 16.9. The van der Waals surface area contributed by atoms with Crippen LogP contribution in [-0.4, -0.2) is 68.8 Å². The van der Waals surface area contributed by atoms with Crippen LogP contribution in [0.1, 0.15) is 25.8 Å². The second-order valence-corrected chi connectivity index (χ2v) is 6.92. The van der Waals surface area contributed by atoms with E-state index in [0.717, 1.165) is 11.3 Å². The lowest BCUT2D eigenvalue weighted by Gasteiger charge is -2.33. The van der Waals surface area contributed by atoms with E-state index in [1.807, 2.05) is 55.2 Å². The second-order valence-electron chi connectivity index (χ2n) is 6.92. The normalized spacial score (nSPS) is 17.7. The highest BCUT2D eigenvalue weighted by atomic mass is 16.5. The highest BCUT2D eigenvalue weighted by Crippen LogP contribution is 2.19. The monoisotopic (exact) mass is 389 g/mol. The number of carbonyl (C=O) groups is 2. The average molecular weight is 389 g/mol. The SMILES string of the molecule is COc1ccccc1/C=C/CN1CCNC(=O)[C@@H]1CC(=O)NCCOC(C)C. The van der Waals surface area contributed by atoms with Crippen LogP contribution in [0.15, 0.2) is 30.3 Å². The van der Waals surface area contributed by atoms with Crippen molar-refractivity contribution in [3.8, 4) is 5.75 Å². The van der Waals surface area contributed by atoms with E-state index in [1.54, 1.807) is 7.11 Å². The predicted molar refractivity (Wildman–Crippen MR) is 109 cm³/mol. The first-order valence-electron chi connectivity index (χ1n) is 9.71. The zero-order valence-corrected chi connectivity index (χ0v) is 16.9. The molecule has 1 aliphatic heterocycles. The third-order valence-electron chi connectivity index (χ3n) is 4.47. The first-order chi connectivity index (χ1) is 13.5. The van der Waals surface area contributed by atoms with Gasteiger partial charge in [-0.1, -0.05) is 30.4 Å². The van der Waals surface area contributed by atoms with Crippen LogP contribution in [0.4, 0.5) is 0 Å². The number of rotatable bonds is 10. The van der Waals surface area contributed by atoms with Gasteiger partial charge in [0.2, 0.25) is 11.8 Å². The number of piperazine rings is 1. The summed E-state index contributed by atoms with van der Waals surface area (Å²) >= 11 is 0. The fraction of sp³-hybridized carbons (Fsp3) is 0.524. The van der Waals surface area contributed by atoms with Crippen molar-refractivity contribution in [3.05, 3.63) is 35.9 Å². The zero-order chi connectivity index (χ0) is 20.4. The van der Waals surface area contributed by atoms with Crippen molar-refractivity contribution in [2.75, 3.05) is 39.9 Å². The molecule has 1 atom stereocenters. The molecular weight excluding hydrogens is 358 g/mol. The highest BCUT2D eigenvalue weighted by Gasteiger charge is 2.30. The number of carbonyl (C=O) groups excluding carboxylic acids is 2. The summed E-state index contributed by atoms with van der Waals surface area (Å²) in [5, 5.41) is 5.66. The molecule has 0 bridgehead atoms. The first kappa shape index (κ1) is 21.9. The van der Waals surface area contributed by atoms with Gasteiger partial charge in [0.25, 0.3) is 0 Å². The molecule has 154 valence electrons. The van der Waals surface area contributed by atoms with Gasteiger partial charge in [0.1, 0.15) is 5.75 Å². The fourth-order valence-corrected chi connectivity index (χ4v) is 3.05. The minimum Gasteiger partial charge on any atom is -0.496 e. The van der Waals surface area contributed by atoms with Gasteiger partial charge in [-0.15, -0.1) is 0 Å². The molecule has 1 fully saturated rings. The summed E-state index contributed by atoms with van der Waals surface area (Å²) in [6, 6.07) is 7.28. The summed E-state index contributed by atoms with van der Waals surface area (Å²) < 4.78 is 10.8. The molecule has 0 saturated carbocycles. The van der Waals surface area contributed by atoms with Crippen LogP contribution in [0.25, 0.3) is 6.08 Å². The summed E-state index contributed by atoms with van der Waals surface area (Å²) in [5.74, 6) is 0.549. The number of hydrogen-bond donors (Lipinski definition) is 2. The summed E-state index contributed by atoms with van der Waals surface area (Å²) in [6.45, 7) is 6.68. The van der Waals surface area contributed by atoms with Gasteiger partial charge in [0, 0.05) is 31.7 Å². The van der Waals surface area contributed by atoms with E-state index >= 15 is 0 Å². The number of amides is 2. The van der Waals surface area contributed by atoms with Crippen LogP contribution in [0.2, 0.25) is 0 Å². The highest BCUT2D eigenvalue weighted by molar-refractivity contribution is 5.88. The maximum atomic E-state index is 12.3. The minimum atomic E-state index is -0.470. The van der Waals surface area contributed by atoms with Gasteiger partial charge >= 0.3 is 0 Å². The Morgan fingerprint density at radius 1 is 1.39 bits per heavy atom. The molecule has 2 rings (SSSR count). The molecule has 0 spiro atoms. The molecule has 0 aromatic heterocycles. The Morgan fingerprint density at radius 2 is 2.18 bits per heavy atom. The van der Waals surface area contributed by atoms with Crippen LogP contribution in [0.3, 0.4) is 0 Å². The Balaban J connectivity index is 1.89. The van der Waals surface area contributed by atoms with Crippen LogP contribution in [0.5, 0.6) is 5.75 Å². The van der Waals surface area contributed by atoms with Gasteiger partial charge in [-0.3, -0.25) is 14.5 Å². The molecule has 0 aliphatic carbocycles. The number of benzene rings is 1. The number of ether oxygens (including phenoxy) is 2. The Bertz CT molecular complexity index is 675. The van der Waals surface area contributed by atoms with Gasteiger partial charge in [0.15, 0.2) is 0 Å². The molecule has 1 aliphatic rings. The van der Waals surface area contributed by atoms with E-state index in [1.165, 1.54) is 0 Å². The summed E-state index contributed by atoms with van der Waals surface area (Å²) in [4.78, 5) is 26.5. The molecule has 2 N–H and O–H groups in total. The third kappa shape index (κ3) is 6.98. The van der Waals surface area contributed by atoms with Crippen molar-refractivity contribution in [2.45, 2.75) is 32.4 Å². The van der Waals surface area contributed by atoms with E-state index in [0.29, 0.717) is 32.8 Å². The topological polar surface area (TPSA) is 79.9 Å². The molecule has 1 heterocycles. The Kier molecular flexibility index (Phi) is 8.97. The largest absolute Gasteiger partial charge is 0.496 e. The molecule has 0 radical (unpaired) electrons. The summed E-state index contributed by atoms with van der Waals surface area (Å²) in [6.07, 6.45) is 4.24. The molecule has 1 aromatic rings. The first-order valence-corrected chi connectivity index (χ1v) is 9.71. The lowest BCUT2D eigenvalue weighted by Crippen LogP contribution is -2.56. The Morgan fingerprint density at radius 3 is 2.93 bits per heavy atom. The molecule has 7 heteroatoms. The van der Waals surface area contributed by atoms with Crippen molar-refractivity contribution in [1.29, 1.82) is 0 Å². The molecule has 0 unspecified atom stereocenters. The summed E-state index contributed by atoms with van der Waals surface area (Å²) in [5.41, 5.74) is 0.978. The average Bonchev–Trinajstić information content (AvgIpc) is 2.68. The fourth-order valence-electron chi connectivity index (χ4n) is 3.05. The van der Waals surface area contributed by atoms with Crippen LogP contribution in [0, 0.1) is 0 Å². The number of nitrogens with one attached hydrogen (secondary N) is 2. The number of para-hydroxylation sites is 1. The van der Waals surface area contributed by atoms with Crippen molar-refractivity contribution in [1.82, 2.24) is 15.5 Å². The number of nitrogens with zero attached hydrogens (tertiary/aromatic N) is 1.